The zero-order valence-corrected chi connectivity index (χ0v) is 16.9. The Hall–Kier alpha value is -2.64. The summed E-state index contributed by atoms with van der Waals surface area (Å²) in [5.41, 5.74) is 1.43. The summed E-state index contributed by atoms with van der Waals surface area (Å²) in [6.07, 6.45) is 7.65. The van der Waals surface area contributed by atoms with Crippen molar-refractivity contribution in [2.75, 3.05) is 31.1 Å². The second-order valence-electron chi connectivity index (χ2n) is 8.69. The molecule has 2 aromatic heterocycles. The number of aliphatic hydroxyl groups excluding tert-OH is 1. The van der Waals surface area contributed by atoms with E-state index in [2.05, 4.69) is 24.8 Å². The number of aromatic nitrogens is 3. The smallest absolute Gasteiger partial charge is 0.149 e. The Morgan fingerprint density at radius 3 is 2.80 bits per heavy atom. The van der Waals surface area contributed by atoms with Crippen LogP contribution in [0, 0.1) is 11.2 Å². The van der Waals surface area contributed by atoms with Crippen molar-refractivity contribution in [3.63, 3.8) is 0 Å². The quantitative estimate of drug-likeness (QED) is 0.720. The van der Waals surface area contributed by atoms with Gasteiger partial charge in [0, 0.05) is 37.4 Å². The maximum Gasteiger partial charge on any atom is 0.149 e. The number of likely N-dealkylation sites (tertiary alicyclic amines) is 1. The Kier molecular flexibility index (Phi) is 5.08. The van der Waals surface area contributed by atoms with Crippen molar-refractivity contribution >= 4 is 16.7 Å². The van der Waals surface area contributed by atoms with Gasteiger partial charge in [-0.25, -0.2) is 14.4 Å². The van der Waals surface area contributed by atoms with Gasteiger partial charge < -0.3 is 10.0 Å². The molecule has 2 fully saturated rings. The molecule has 1 aromatic carbocycles. The summed E-state index contributed by atoms with van der Waals surface area (Å²) >= 11 is 0. The molecule has 1 atom stereocenters. The van der Waals surface area contributed by atoms with Crippen LogP contribution in [-0.2, 0) is 6.54 Å². The summed E-state index contributed by atoms with van der Waals surface area (Å²) in [6, 6.07) is 9.00. The standard InChI is InChI=1S/C23H26FN5O/c24-20-3-1-2-17-4-5-18(27-22(17)20)14-28-10-6-23(7-11-28)12-19(30)15-29(16-23)21-13-25-8-9-26-21/h1-5,8-9,13,19,30H,6-7,10-12,14-16H2. The number of hydrogen-bond donors (Lipinski definition) is 1. The van der Waals surface area contributed by atoms with Crippen molar-refractivity contribution in [1.29, 1.82) is 0 Å². The van der Waals surface area contributed by atoms with E-state index in [1.165, 1.54) is 6.07 Å². The van der Waals surface area contributed by atoms with Gasteiger partial charge >= 0.3 is 0 Å². The number of pyridine rings is 1. The molecule has 1 unspecified atom stereocenters. The molecule has 6 nitrogen and oxygen atoms in total. The molecule has 1 N–H and O–H groups in total. The lowest BCUT2D eigenvalue weighted by Gasteiger charge is -2.49. The fourth-order valence-corrected chi connectivity index (χ4v) is 5.00. The first-order valence-corrected chi connectivity index (χ1v) is 10.6. The van der Waals surface area contributed by atoms with Crippen LogP contribution in [0.25, 0.3) is 10.9 Å². The lowest BCUT2D eigenvalue weighted by Crippen LogP contribution is -2.54. The van der Waals surface area contributed by atoms with Crippen molar-refractivity contribution in [3.8, 4) is 0 Å². The van der Waals surface area contributed by atoms with Crippen LogP contribution in [0.2, 0.25) is 0 Å². The van der Waals surface area contributed by atoms with Crippen LogP contribution in [0.4, 0.5) is 10.2 Å². The third kappa shape index (κ3) is 3.87. The third-order valence-electron chi connectivity index (χ3n) is 6.53. The number of nitrogens with zero attached hydrogens (tertiary/aromatic N) is 5. The zero-order chi connectivity index (χ0) is 20.6. The van der Waals surface area contributed by atoms with E-state index in [-0.39, 0.29) is 17.3 Å². The van der Waals surface area contributed by atoms with Crippen LogP contribution < -0.4 is 4.90 Å². The second-order valence-corrected chi connectivity index (χ2v) is 8.69. The molecule has 0 aliphatic carbocycles. The first kappa shape index (κ1) is 19.3. The fourth-order valence-electron chi connectivity index (χ4n) is 5.00. The van der Waals surface area contributed by atoms with E-state index in [1.807, 2.05) is 18.2 Å². The number of hydrogen-bond acceptors (Lipinski definition) is 6. The number of para-hydroxylation sites is 1. The molecule has 5 rings (SSSR count). The van der Waals surface area contributed by atoms with Crippen LogP contribution in [0.3, 0.4) is 0 Å². The van der Waals surface area contributed by atoms with Gasteiger partial charge in [0.25, 0.3) is 0 Å². The summed E-state index contributed by atoms with van der Waals surface area (Å²) in [4.78, 5) is 17.7. The highest BCUT2D eigenvalue weighted by molar-refractivity contribution is 5.79. The number of halogens is 1. The molecule has 1 spiro atoms. The normalized spacial score (nSPS) is 21.9. The van der Waals surface area contributed by atoms with Gasteiger partial charge in [0.15, 0.2) is 0 Å². The van der Waals surface area contributed by atoms with E-state index in [0.29, 0.717) is 12.1 Å². The van der Waals surface area contributed by atoms with E-state index < -0.39 is 0 Å². The van der Waals surface area contributed by atoms with Gasteiger partial charge in [-0.2, -0.15) is 0 Å². The maximum atomic E-state index is 14.1. The summed E-state index contributed by atoms with van der Waals surface area (Å²) in [7, 11) is 0. The van der Waals surface area contributed by atoms with Gasteiger partial charge in [-0.3, -0.25) is 9.88 Å². The highest BCUT2D eigenvalue weighted by atomic mass is 19.1. The van der Waals surface area contributed by atoms with E-state index >= 15 is 0 Å². The van der Waals surface area contributed by atoms with Gasteiger partial charge in [-0.15, -0.1) is 0 Å². The Morgan fingerprint density at radius 1 is 1.13 bits per heavy atom. The number of β-amino-alcohol motifs (C(OH)–C–C–N with tert-alkyl or cyclic N) is 1. The van der Waals surface area contributed by atoms with E-state index in [9.17, 15) is 9.50 Å². The minimum Gasteiger partial charge on any atom is -0.391 e. The lowest BCUT2D eigenvalue weighted by atomic mass is 9.71. The molecule has 0 saturated carbocycles. The van der Waals surface area contributed by atoms with Crippen molar-refractivity contribution in [2.45, 2.75) is 31.9 Å². The minimum atomic E-state index is -0.350. The average molecular weight is 407 g/mol. The molecule has 4 heterocycles. The molecule has 3 aromatic rings. The van der Waals surface area contributed by atoms with Crippen LogP contribution in [-0.4, -0.2) is 57.2 Å². The Labute approximate surface area is 175 Å². The minimum absolute atomic E-state index is 0.0919. The first-order valence-electron chi connectivity index (χ1n) is 10.6. The van der Waals surface area contributed by atoms with Gasteiger partial charge in [0.05, 0.1) is 18.0 Å². The number of aliphatic hydroxyl groups is 1. The SMILES string of the molecule is OC1CN(c2cnccn2)CC2(CCN(Cc3ccc4cccc(F)c4n3)CC2)C1. The summed E-state index contributed by atoms with van der Waals surface area (Å²) < 4.78 is 14.1. The molecule has 0 amide bonds. The number of fused-ring (bicyclic) bond motifs is 1. The average Bonchev–Trinajstić information content (AvgIpc) is 2.76. The zero-order valence-electron chi connectivity index (χ0n) is 16.9. The van der Waals surface area contributed by atoms with Crippen LogP contribution >= 0.6 is 0 Å². The van der Waals surface area contributed by atoms with Crippen molar-refractivity contribution in [3.05, 3.63) is 60.4 Å². The second kappa shape index (κ2) is 7.89. The van der Waals surface area contributed by atoms with Crippen LogP contribution in [0.5, 0.6) is 0 Å². The first-order chi connectivity index (χ1) is 14.6. The molecule has 2 aliphatic heterocycles. The largest absolute Gasteiger partial charge is 0.391 e. The van der Waals surface area contributed by atoms with Crippen LogP contribution in [0.1, 0.15) is 25.0 Å². The third-order valence-corrected chi connectivity index (χ3v) is 6.53. The predicted octanol–water partition coefficient (Wildman–Crippen LogP) is 3.02. The van der Waals surface area contributed by atoms with Gasteiger partial charge in [-0.1, -0.05) is 18.2 Å². The van der Waals surface area contributed by atoms with Crippen molar-refractivity contribution < 1.29 is 9.50 Å². The topological polar surface area (TPSA) is 65.4 Å². The van der Waals surface area contributed by atoms with Crippen LogP contribution in [0.15, 0.2) is 48.9 Å². The molecule has 2 aliphatic rings. The molecule has 2 saturated heterocycles. The molecule has 0 bridgehead atoms. The molecule has 0 radical (unpaired) electrons. The fraction of sp³-hybridized carbons (Fsp3) is 0.435. The van der Waals surface area contributed by atoms with Crippen molar-refractivity contribution in [2.24, 2.45) is 5.41 Å². The summed E-state index contributed by atoms with van der Waals surface area (Å²) in [6.45, 7) is 4.11. The predicted molar refractivity (Wildman–Crippen MR) is 114 cm³/mol. The summed E-state index contributed by atoms with van der Waals surface area (Å²) in [5, 5.41) is 11.4. The molecule has 156 valence electrons. The molecular weight excluding hydrogens is 381 g/mol. The van der Waals surface area contributed by atoms with E-state index in [1.54, 1.807) is 24.7 Å². The lowest BCUT2D eigenvalue weighted by molar-refractivity contribution is 0.0241. The Morgan fingerprint density at radius 2 is 2.00 bits per heavy atom. The Bertz CT molecular complexity index is 1020. The number of anilines is 1. The number of piperidine rings is 2. The number of benzene rings is 1. The van der Waals surface area contributed by atoms with E-state index in [4.69, 9.17) is 0 Å². The molecule has 7 heteroatoms. The van der Waals surface area contributed by atoms with Crippen molar-refractivity contribution in [1.82, 2.24) is 19.9 Å². The Balaban J connectivity index is 1.26. The number of rotatable bonds is 3. The monoisotopic (exact) mass is 407 g/mol. The van der Waals surface area contributed by atoms with Gasteiger partial charge in [-0.05, 0) is 49.9 Å². The highest BCUT2D eigenvalue weighted by Crippen LogP contribution is 2.41. The van der Waals surface area contributed by atoms with E-state index in [0.717, 1.165) is 62.3 Å². The highest BCUT2D eigenvalue weighted by Gasteiger charge is 2.42. The molecular formula is C23H26FN5O. The molecule has 30 heavy (non-hydrogen) atoms. The maximum absolute atomic E-state index is 14.1. The summed E-state index contributed by atoms with van der Waals surface area (Å²) in [5.74, 6) is 0.563. The van der Waals surface area contributed by atoms with Gasteiger partial charge in [0.2, 0.25) is 0 Å². The van der Waals surface area contributed by atoms with Gasteiger partial charge in [0.1, 0.15) is 17.2 Å².